The van der Waals surface area contributed by atoms with E-state index in [9.17, 15) is 18.0 Å². The van der Waals surface area contributed by atoms with Crippen LogP contribution in [0, 0.1) is 19.8 Å². The largest absolute Gasteiger partial charge is 0.338 e. The van der Waals surface area contributed by atoms with Gasteiger partial charge in [0.05, 0.1) is 10.8 Å². The molecular weight excluding hydrogens is 464 g/mol. The Labute approximate surface area is 205 Å². The van der Waals surface area contributed by atoms with Crippen molar-refractivity contribution < 1.29 is 18.0 Å². The van der Waals surface area contributed by atoms with Gasteiger partial charge in [0.25, 0.3) is 15.9 Å². The SMILES string of the molecule is Cc1ccc(NS(=O)(=O)c2ccc(C(=O)N3CCCC(C(=O)Nc4ncccc4C)C3)cc2)cc1. The summed E-state index contributed by atoms with van der Waals surface area (Å²) in [4.78, 5) is 31.8. The van der Waals surface area contributed by atoms with E-state index in [0.29, 0.717) is 43.0 Å². The number of piperidine rings is 1. The van der Waals surface area contributed by atoms with Gasteiger partial charge in [-0.15, -0.1) is 0 Å². The van der Waals surface area contributed by atoms with Gasteiger partial charge in [-0.05, 0) is 74.7 Å². The van der Waals surface area contributed by atoms with Gasteiger partial charge in [-0.1, -0.05) is 23.8 Å². The number of sulfonamides is 1. The molecular formula is C26H28N4O4S. The van der Waals surface area contributed by atoms with Gasteiger partial charge in [-0.25, -0.2) is 13.4 Å². The van der Waals surface area contributed by atoms with Crippen molar-refractivity contribution >= 4 is 33.3 Å². The van der Waals surface area contributed by atoms with Crippen molar-refractivity contribution in [1.29, 1.82) is 0 Å². The molecule has 1 fully saturated rings. The second-order valence-corrected chi connectivity index (χ2v) is 10.4. The highest BCUT2D eigenvalue weighted by atomic mass is 32.2. The Morgan fingerprint density at radius 3 is 2.40 bits per heavy atom. The van der Waals surface area contributed by atoms with Crippen LogP contribution in [0.3, 0.4) is 0 Å². The van der Waals surface area contributed by atoms with Crippen LogP contribution in [-0.2, 0) is 14.8 Å². The molecule has 0 aliphatic carbocycles. The zero-order chi connectivity index (χ0) is 25.0. The lowest BCUT2D eigenvalue weighted by Gasteiger charge is -2.32. The predicted molar refractivity (Wildman–Crippen MR) is 135 cm³/mol. The van der Waals surface area contributed by atoms with Crippen molar-refractivity contribution in [3.8, 4) is 0 Å². The fourth-order valence-electron chi connectivity index (χ4n) is 4.01. The van der Waals surface area contributed by atoms with Gasteiger partial charge < -0.3 is 10.2 Å². The van der Waals surface area contributed by atoms with Crippen LogP contribution in [0.25, 0.3) is 0 Å². The average molecular weight is 493 g/mol. The van der Waals surface area contributed by atoms with Crippen LogP contribution in [-0.4, -0.2) is 43.2 Å². The van der Waals surface area contributed by atoms with Crippen molar-refractivity contribution in [2.75, 3.05) is 23.1 Å². The number of likely N-dealkylation sites (tertiary alicyclic amines) is 1. The molecule has 0 radical (unpaired) electrons. The number of hydrogen-bond acceptors (Lipinski definition) is 5. The van der Waals surface area contributed by atoms with E-state index in [1.807, 2.05) is 32.0 Å². The number of nitrogens with one attached hydrogen (secondary N) is 2. The number of aromatic nitrogens is 1. The van der Waals surface area contributed by atoms with E-state index in [1.54, 1.807) is 29.3 Å². The summed E-state index contributed by atoms with van der Waals surface area (Å²) in [6.07, 6.45) is 3.01. The Bertz CT molecular complexity index is 1320. The first-order chi connectivity index (χ1) is 16.7. The van der Waals surface area contributed by atoms with Gasteiger partial charge in [-0.3, -0.25) is 14.3 Å². The predicted octanol–water partition coefficient (Wildman–Crippen LogP) is 3.99. The summed E-state index contributed by atoms with van der Waals surface area (Å²) < 4.78 is 28.0. The van der Waals surface area contributed by atoms with Gasteiger partial charge in [-0.2, -0.15) is 0 Å². The molecule has 4 rings (SSSR count). The highest BCUT2D eigenvalue weighted by molar-refractivity contribution is 7.92. The summed E-state index contributed by atoms with van der Waals surface area (Å²) in [5.41, 5.74) is 2.74. The van der Waals surface area contributed by atoms with Crippen molar-refractivity contribution in [1.82, 2.24) is 9.88 Å². The van der Waals surface area contributed by atoms with Gasteiger partial charge in [0, 0.05) is 30.5 Å². The van der Waals surface area contributed by atoms with Crippen molar-refractivity contribution in [2.45, 2.75) is 31.6 Å². The van der Waals surface area contributed by atoms with E-state index in [2.05, 4.69) is 15.0 Å². The fourth-order valence-corrected chi connectivity index (χ4v) is 5.06. The molecule has 2 aromatic carbocycles. The van der Waals surface area contributed by atoms with E-state index < -0.39 is 10.0 Å². The average Bonchev–Trinajstić information content (AvgIpc) is 2.86. The second kappa shape index (κ2) is 10.3. The molecule has 35 heavy (non-hydrogen) atoms. The molecule has 1 aliphatic heterocycles. The number of nitrogens with zero attached hydrogens (tertiary/aromatic N) is 2. The van der Waals surface area contributed by atoms with Crippen LogP contribution in [0.5, 0.6) is 0 Å². The monoisotopic (exact) mass is 492 g/mol. The number of carbonyl (C=O) groups is 2. The van der Waals surface area contributed by atoms with Crippen LogP contribution < -0.4 is 10.0 Å². The van der Waals surface area contributed by atoms with Crippen LogP contribution >= 0.6 is 0 Å². The van der Waals surface area contributed by atoms with Gasteiger partial charge in [0.1, 0.15) is 5.82 Å². The maximum Gasteiger partial charge on any atom is 0.261 e. The molecule has 2 amide bonds. The number of anilines is 2. The molecule has 0 bridgehead atoms. The van der Waals surface area contributed by atoms with E-state index in [-0.39, 0.29) is 22.6 Å². The number of aryl methyl sites for hydroxylation is 2. The topological polar surface area (TPSA) is 108 Å². The molecule has 1 unspecified atom stereocenters. The standard InChI is InChI=1S/C26H28N4O4S/c1-18-7-11-22(12-8-18)29-35(33,34)23-13-9-20(10-14-23)26(32)30-16-4-6-21(17-30)25(31)28-24-19(2)5-3-15-27-24/h3,5,7-15,21,29H,4,6,16-17H2,1-2H3,(H,27,28,31). The van der Waals surface area contributed by atoms with E-state index in [0.717, 1.165) is 11.1 Å². The molecule has 1 atom stereocenters. The van der Waals surface area contributed by atoms with Crippen LogP contribution in [0.4, 0.5) is 11.5 Å². The second-order valence-electron chi connectivity index (χ2n) is 8.74. The molecule has 182 valence electrons. The number of pyridine rings is 1. The number of carbonyl (C=O) groups excluding carboxylic acids is 2. The Kier molecular flexibility index (Phi) is 7.16. The minimum Gasteiger partial charge on any atom is -0.338 e. The third-order valence-electron chi connectivity index (χ3n) is 6.05. The Morgan fingerprint density at radius 2 is 1.71 bits per heavy atom. The first-order valence-corrected chi connectivity index (χ1v) is 12.9. The van der Waals surface area contributed by atoms with Crippen molar-refractivity contribution in [3.05, 3.63) is 83.6 Å². The molecule has 0 saturated carbocycles. The van der Waals surface area contributed by atoms with Crippen LogP contribution in [0.2, 0.25) is 0 Å². The minimum atomic E-state index is -3.78. The molecule has 8 nitrogen and oxygen atoms in total. The maximum absolute atomic E-state index is 13.1. The summed E-state index contributed by atoms with van der Waals surface area (Å²) in [7, 11) is -3.78. The van der Waals surface area contributed by atoms with Crippen LogP contribution in [0.15, 0.2) is 71.8 Å². The smallest absolute Gasteiger partial charge is 0.261 e. The van der Waals surface area contributed by atoms with E-state index in [1.165, 1.54) is 24.3 Å². The molecule has 1 aliphatic rings. The first kappa shape index (κ1) is 24.4. The third-order valence-corrected chi connectivity index (χ3v) is 7.44. The van der Waals surface area contributed by atoms with Gasteiger partial charge in [0.15, 0.2) is 0 Å². The zero-order valence-corrected chi connectivity index (χ0v) is 20.5. The van der Waals surface area contributed by atoms with Gasteiger partial charge in [0.2, 0.25) is 5.91 Å². The Hall–Kier alpha value is -3.72. The maximum atomic E-state index is 13.1. The summed E-state index contributed by atoms with van der Waals surface area (Å²) in [5, 5.41) is 2.86. The lowest BCUT2D eigenvalue weighted by Crippen LogP contribution is -2.43. The van der Waals surface area contributed by atoms with Crippen molar-refractivity contribution in [2.24, 2.45) is 5.92 Å². The normalized spacial score (nSPS) is 15.9. The van der Waals surface area contributed by atoms with E-state index >= 15 is 0 Å². The first-order valence-electron chi connectivity index (χ1n) is 11.4. The lowest BCUT2D eigenvalue weighted by molar-refractivity contribution is -0.121. The molecule has 1 saturated heterocycles. The number of benzene rings is 2. The molecule has 9 heteroatoms. The highest BCUT2D eigenvalue weighted by Gasteiger charge is 2.29. The summed E-state index contributed by atoms with van der Waals surface area (Å²) in [5.74, 6) is -0.204. The van der Waals surface area contributed by atoms with Crippen LogP contribution in [0.1, 0.15) is 34.3 Å². The summed E-state index contributed by atoms with van der Waals surface area (Å²) in [6.45, 7) is 4.64. The number of amides is 2. The Balaban J connectivity index is 1.41. The zero-order valence-electron chi connectivity index (χ0n) is 19.7. The number of hydrogen-bond donors (Lipinski definition) is 2. The summed E-state index contributed by atoms with van der Waals surface area (Å²) in [6, 6.07) is 16.6. The minimum absolute atomic E-state index is 0.0660. The molecule has 2 N–H and O–H groups in total. The quantitative estimate of drug-likeness (QED) is 0.541. The highest BCUT2D eigenvalue weighted by Crippen LogP contribution is 2.22. The molecule has 1 aromatic heterocycles. The lowest BCUT2D eigenvalue weighted by atomic mass is 9.96. The summed E-state index contributed by atoms with van der Waals surface area (Å²) >= 11 is 0. The van der Waals surface area contributed by atoms with Gasteiger partial charge >= 0.3 is 0 Å². The molecule has 2 heterocycles. The van der Waals surface area contributed by atoms with E-state index in [4.69, 9.17) is 0 Å². The molecule has 0 spiro atoms. The molecule has 3 aromatic rings. The Morgan fingerprint density at radius 1 is 1.00 bits per heavy atom. The van der Waals surface area contributed by atoms with Crippen molar-refractivity contribution in [3.63, 3.8) is 0 Å². The number of rotatable bonds is 6. The third kappa shape index (κ3) is 5.86. The fraction of sp³-hybridized carbons (Fsp3) is 0.269.